The third kappa shape index (κ3) is 5.30. The summed E-state index contributed by atoms with van der Waals surface area (Å²) in [5.41, 5.74) is 1.32. The van der Waals surface area contributed by atoms with Gasteiger partial charge in [-0.05, 0) is 37.8 Å². The molecule has 104 valence electrons. The van der Waals surface area contributed by atoms with Crippen molar-refractivity contribution in [3.05, 3.63) is 35.9 Å². The number of urea groups is 1. The molecule has 1 aromatic carbocycles. The molecule has 1 saturated heterocycles. The second-order valence-corrected chi connectivity index (χ2v) is 5.02. The van der Waals surface area contributed by atoms with Crippen molar-refractivity contribution in [1.82, 2.24) is 16.0 Å². The van der Waals surface area contributed by atoms with Crippen molar-refractivity contribution in [1.29, 1.82) is 0 Å². The van der Waals surface area contributed by atoms with E-state index in [2.05, 4.69) is 28.1 Å². The minimum Gasteiger partial charge on any atom is -0.338 e. The minimum atomic E-state index is -0.0539. The van der Waals surface area contributed by atoms with E-state index in [9.17, 15) is 4.79 Å². The molecule has 4 nitrogen and oxygen atoms in total. The number of aryl methyl sites for hydroxylation is 1. The molecule has 3 N–H and O–H groups in total. The highest BCUT2D eigenvalue weighted by Gasteiger charge is 2.14. The van der Waals surface area contributed by atoms with Crippen LogP contribution in [0.1, 0.15) is 24.8 Å². The number of hydrogen-bond acceptors (Lipinski definition) is 2. The SMILES string of the molecule is O=C(NCCCc1ccccc1)NC[C@@H]1CCCN1. The van der Waals surface area contributed by atoms with Gasteiger partial charge in [0.25, 0.3) is 0 Å². The second-order valence-electron chi connectivity index (χ2n) is 5.02. The molecule has 4 heteroatoms. The Labute approximate surface area is 115 Å². The van der Waals surface area contributed by atoms with E-state index in [0.717, 1.165) is 38.9 Å². The molecule has 2 rings (SSSR count). The highest BCUT2D eigenvalue weighted by molar-refractivity contribution is 5.73. The van der Waals surface area contributed by atoms with Crippen LogP contribution in [0.15, 0.2) is 30.3 Å². The first-order valence-corrected chi connectivity index (χ1v) is 7.13. The van der Waals surface area contributed by atoms with Crippen LogP contribution in [-0.2, 0) is 6.42 Å². The molecular formula is C15H23N3O. The summed E-state index contributed by atoms with van der Waals surface area (Å²) >= 11 is 0. The van der Waals surface area contributed by atoms with Crippen molar-refractivity contribution >= 4 is 6.03 Å². The Morgan fingerprint density at radius 3 is 2.84 bits per heavy atom. The first-order chi connectivity index (χ1) is 9.34. The lowest BCUT2D eigenvalue weighted by Crippen LogP contribution is -2.42. The summed E-state index contributed by atoms with van der Waals surface area (Å²) in [6.07, 6.45) is 4.35. The first-order valence-electron chi connectivity index (χ1n) is 7.13. The Balaban J connectivity index is 1.51. The van der Waals surface area contributed by atoms with Crippen LogP contribution in [0.2, 0.25) is 0 Å². The highest BCUT2D eigenvalue weighted by atomic mass is 16.2. The molecule has 1 heterocycles. The van der Waals surface area contributed by atoms with Gasteiger partial charge in [0.2, 0.25) is 0 Å². The smallest absolute Gasteiger partial charge is 0.314 e. The molecule has 1 aromatic rings. The van der Waals surface area contributed by atoms with Crippen LogP contribution in [0.3, 0.4) is 0 Å². The number of carbonyl (C=O) groups is 1. The van der Waals surface area contributed by atoms with Crippen LogP contribution >= 0.6 is 0 Å². The molecule has 0 aromatic heterocycles. The zero-order valence-corrected chi connectivity index (χ0v) is 11.3. The summed E-state index contributed by atoms with van der Waals surface area (Å²) in [6, 6.07) is 10.7. The Morgan fingerprint density at radius 1 is 1.26 bits per heavy atom. The lowest BCUT2D eigenvalue weighted by molar-refractivity contribution is 0.239. The van der Waals surface area contributed by atoms with Gasteiger partial charge in [-0.3, -0.25) is 0 Å². The average molecular weight is 261 g/mol. The minimum absolute atomic E-state index is 0.0539. The summed E-state index contributed by atoms with van der Waals surface area (Å²) in [7, 11) is 0. The topological polar surface area (TPSA) is 53.2 Å². The molecule has 0 unspecified atom stereocenters. The van der Waals surface area contributed by atoms with E-state index >= 15 is 0 Å². The molecule has 19 heavy (non-hydrogen) atoms. The number of rotatable bonds is 6. The zero-order valence-electron chi connectivity index (χ0n) is 11.3. The van der Waals surface area contributed by atoms with Gasteiger partial charge in [-0.25, -0.2) is 4.79 Å². The molecule has 0 spiro atoms. The standard InChI is InChI=1S/C15H23N3O/c19-15(18-12-14-9-5-10-16-14)17-11-4-8-13-6-2-1-3-7-13/h1-3,6-7,14,16H,4-5,8-12H2,(H2,17,18,19)/t14-/m0/s1. The van der Waals surface area contributed by atoms with Crippen LogP contribution in [0.25, 0.3) is 0 Å². The van der Waals surface area contributed by atoms with Gasteiger partial charge in [0.05, 0.1) is 0 Å². The van der Waals surface area contributed by atoms with Crippen molar-refractivity contribution in [2.45, 2.75) is 31.7 Å². The molecule has 0 radical (unpaired) electrons. The normalized spacial score (nSPS) is 18.2. The van der Waals surface area contributed by atoms with E-state index in [1.165, 1.54) is 12.0 Å². The third-order valence-electron chi connectivity index (χ3n) is 3.44. The predicted molar refractivity (Wildman–Crippen MR) is 77.2 cm³/mol. The van der Waals surface area contributed by atoms with E-state index in [-0.39, 0.29) is 6.03 Å². The summed E-state index contributed by atoms with van der Waals surface area (Å²) < 4.78 is 0. The van der Waals surface area contributed by atoms with Crippen molar-refractivity contribution in [2.75, 3.05) is 19.6 Å². The number of amides is 2. The zero-order chi connectivity index (χ0) is 13.3. The number of carbonyl (C=O) groups excluding carboxylic acids is 1. The van der Waals surface area contributed by atoms with E-state index in [4.69, 9.17) is 0 Å². The van der Waals surface area contributed by atoms with Gasteiger partial charge in [0, 0.05) is 19.1 Å². The molecule has 0 aliphatic carbocycles. The summed E-state index contributed by atoms with van der Waals surface area (Å²) in [5.74, 6) is 0. The lowest BCUT2D eigenvalue weighted by atomic mass is 10.1. The molecule has 2 amide bonds. The van der Waals surface area contributed by atoms with Crippen LogP contribution in [0.4, 0.5) is 4.79 Å². The second kappa shape index (κ2) is 7.79. The number of nitrogens with one attached hydrogen (secondary N) is 3. The number of hydrogen-bond donors (Lipinski definition) is 3. The molecule has 1 fully saturated rings. The maximum atomic E-state index is 11.6. The van der Waals surface area contributed by atoms with Crippen molar-refractivity contribution in [2.24, 2.45) is 0 Å². The van der Waals surface area contributed by atoms with E-state index < -0.39 is 0 Å². The fourth-order valence-corrected chi connectivity index (χ4v) is 2.35. The highest BCUT2D eigenvalue weighted by Crippen LogP contribution is 2.03. The van der Waals surface area contributed by atoms with Gasteiger partial charge >= 0.3 is 6.03 Å². The fourth-order valence-electron chi connectivity index (χ4n) is 2.35. The van der Waals surface area contributed by atoms with E-state index in [1.54, 1.807) is 0 Å². The van der Waals surface area contributed by atoms with Crippen molar-refractivity contribution < 1.29 is 4.79 Å². The van der Waals surface area contributed by atoms with Crippen LogP contribution < -0.4 is 16.0 Å². The monoisotopic (exact) mass is 261 g/mol. The van der Waals surface area contributed by atoms with E-state index in [0.29, 0.717) is 6.04 Å². The summed E-state index contributed by atoms with van der Waals surface area (Å²) in [4.78, 5) is 11.6. The van der Waals surface area contributed by atoms with Crippen LogP contribution in [-0.4, -0.2) is 31.7 Å². The molecular weight excluding hydrogens is 238 g/mol. The van der Waals surface area contributed by atoms with Crippen molar-refractivity contribution in [3.63, 3.8) is 0 Å². The van der Waals surface area contributed by atoms with Gasteiger partial charge in [0.15, 0.2) is 0 Å². The van der Waals surface area contributed by atoms with Gasteiger partial charge in [-0.1, -0.05) is 30.3 Å². The van der Waals surface area contributed by atoms with E-state index in [1.807, 2.05) is 18.2 Å². The van der Waals surface area contributed by atoms with Gasteiger partial charge in [-0.15, -0.1) is 0 Å². The average Bonchev–Trinajstić information content (AvgIpc) is 2.96. The molecule has 0 bridgehead atoms. The maximum Gasteiger partial charge on any atom is 0.314 e. The Morgan fingerprint density at radius 2 is 2.11 bits per heavy atom. The molecule has 1 atom stereocenters. The maximum absolute atomic E-state index is 11.6. The Bertz CT molecular complexity index is 374. The summed E-state index contributed by atoms with van der Waals surface area (Å²) in [5, 5.41) is 9.17. The Hall–Kier alpha value is -1.55. The fraction of sp³-hybridized carbons (Fsp3) is 0.533. The van der Waals surface area contributed by atoms with Crippen LogP contribution in [0.5, 0.6) is 0 Å². The number of benzene rings is 1. The molecule has 1 aliphatic rings. The largest absolute Gasteiger partial charge is 0.338 e. The van der Waals surface area contributed by atoms with Gasteiger partial charge in [0.1, 0.15) is 0 Å². The molecule has 0 saturated carbocycles. The first kappa shape index (κ1) is 13.9. The molecule has 1 aliphatic heterocycles. The predicted octanol–water partition coefficient (Wildman–Crippen LogP) is 1.67. The van der Waals surface area contributed by atoms with Crippen molar-refractivity contribution in [3.8, 4) is 0 Å². The third-order valence-corrected chi connectivity index (χ3v) is 3.44. The van der Waals surface area contributed by atoms with Gasteiger partial charge < -0.3 is 16.0 Å². The summed E-state index contributed by atoms with van der Waals surface area (Å²) in [6.45, 7) is 2.52. The van der Waals surface area contributed by atoms with Gasteiger partial charge in [-0.2, -0.15) is 0 Å². The Kier molecular flexibility index (Phi) is 5.69. The van der Waals surface area contributed by atoms with Crippen LogP contribution in [0, 0.1) is 0 Å². The lowest BCUT2D eigenvalue weighted by Gasteiger charge is -2.12. The quantitative estimate of drug-likeness (QED) is 0.682.